The topological polar surface area (TPSA) is 85.2 Å². The minimum Gasteiger partial charge on any atom is -0.446 e. The van der Waals surface area contributed by atoms with Crippen LogP contribution in [0.25, 0.3) is 16.9 Å². The number of carbonyl (C=O) groups is 2. The molecule has 1 N–H and O–H groups in total. The van der Waals surface area contributed by atoms with Crippen LogP contribution in [0.15, 0.2) is 53.1 Å². The lowest BCUT2D eigenvalue weighted by Gasteiger charge is -2.24. The molecule has 3 rings (SSSR count). The van der Waals surface area contributed by atoms with Gasteiger partial charge in [-0.3, -0.25) is 4.40 Å². The van der Waals surface area contributed by atoms with Gasteiger partial charge in [-0.25, -0.2) is 20.0 Å². The summed E-state index contributed by atoms with van der Waals surface area (Å²) in [6, 6.07) is 12.9. The Morgan fingerprint density at radius 1 is 1.03 bits per heavy atom. The van der Waals surface area contributed by atoms with Crippen molar-refractivity contribution in [3.05, 3.63) is 53.1 Å². The summed E-state index contributed by atoms with van der Waals surface area (Å²) in [5.41, 5.74) is 4.36. The molecule has 0 unspecified atom stereocenters. The second kappa shape index (κ2) is 9.17. The lowest BCUT2D eigenvalue weighted by atomic mass is 10.1. The fourth-order valence-corrected chi connectivity index (χ4v) is 3.03. The number of hydrogen-bond acceptors (Lipinski definition) is 5. The zero-order valence-corrected chi connectivity index (χ0v) is 18.7. The molecule has 2 aromatic heterocycles. The van der Waals surface area contributed by atoms with E-state index in [0.29, 0.717) is 17.2 Å². The van der Waals surface area contributed by atoms with Gasteiger partial charge < -0.3 is 9.47 Å². The van der Waals surface area contributed by atoms with Crippen LogP contribution in [0, 0.1) is 0 Å². The van der Waals surface area contributed by atoms with Gasteiger partial charge in [0.2, 0.25) is 0 Å². The molecular formula is C21H23BrN4O4. The maximum absolute atomic E-state index is 12.9. The van der Waals surface area contributed by atoms with E-state index in [1.807, 2.05) is 42.5 Å². The molecule has 9 heteroatoms. The van der Waals surface area contributed by atoms with E-state index in [-0.39, 0.29) is 6.10 Å². The molecule has 30 heavy (non-hydrogen) atoms. The van der Waals surface area contributed by atoms with Crippen LogP contribution in [0.5, 0.6) is 0 Å². The van der Waals surface area contributed by atoms with Crippen LogP contribution in [-0.2, 0) is 9.47 Å². The second-order valence-electron chi connectivity index (χ2n) is 7.05. The minimum atomic E-state index is -0.779. The number of nitrogens with one attached hydrogen (secondary N) is 1. The highest BCUT2D eigenvalue weighted by atomic mass is 79.9. The number of benzene rings is 1. The van der Waals surface area contributed by atoms with E-state index >= 15 is 0 Å². The van der Waals surface area contributed by atoms with Crippen LogP contribution in [0.1, 0.15) is 27.7 Å². The highest BCUT2D eigenvalue weighted by Crippen LogP contribution is 2.32. The van der Waals surface area contributed by atoms with Gasteiger partial charge in [0, 0.05) is 16.2 Å². The quantitative estimate of drug-likeness (QED) is 0.527. The van der Waals surface area contributed by atoms with E-state index in [2.05, 4.69) is 26.3 Å². The normalized spacial score (nSPS) is 11.0. The highest BCUT2D eigenvalue weighted by Gasteiger charge is 2.29. The standard InChI is InChI=1S/C21H23BrN4O4/c1-13(2)29-20(27)24-26(21(28)30-14(3)4)19-18(15-8-10-16(22)11-9-15)23-17-7-5-6-12-25(17)19/h5-14H,1-4H3,(H,24,27). The van der Waals surface area contributed by atoms with Crippen molar-refractivity contribution in [2.24, 2.45) is 0 Å². The zero-order valence-electron chi connectivity index (χ0n) is 17.1. The number of aromatic nitrogens is 2. The smallest absolute Gasteiger partial charge is 0.435 e. The second-order valence-corrected chi connectivity index (χ2v) is 7.97. The number of anilines is 1. The van der Waals surface area contributed by atoms with E-state index in [4.69, 9.17) is 9.47 Å². The van der Waals surface area contributed by atoms with Gasteiger partial charge in [-0.2, -0.15) is 5.01 Å². The van der Waals surface area contributed by atoms with Gasteiger partial charge in [-0.1, -0.05) is 34.1 Å². The summed E-state index contributed by atoms with van der Waals surface area (Å²) in [6.07, 6.45) is -0.530. The Morgan fingerprint density at radius 2 is 1.70 bits per heavy atom. The van der Waals surface area contributed by atoms with E-state index < -0.39 is 18.3 Å². The Balaban J connectivity index is 2.16. The first-order chi connectivity index (χ1) is 14.3. The first-order valence-corrected chi connectivity index (χ1v) is 10.3. The van der Waals surface area contributed by atoms with Gasteiger partial charge in [0.05, 0.1) is 12.2 Å². The average Bonchev–Trinajstić information content (AvgIpc) is 3.04. The lowest BCUT2D eigenvalue weighted by Crippen LogP contribution is -2.48. The van der Waals surface area contributed by atoms with Crippen molar-refractivity contribution in [1.29, 1.82) is 0 Å². The fraction of sp³-hybridized carbons (Fsp3) is 0.286. The summed E-state index contributed by atoms with van der Waals surface area (Å²) in [5, 5.41) is 1.03. The molecule has 0 aliphatic carbocycles. The van der Waals surface area contributed by atoms with Crippen LogP contribution in [0.2, 0.25) is 0 Å². The van der Waals surface area contributed by atoms with Gasteiger partial charge >= 0.3 is 12.2 Å². The Morgan fingerprint density at radius 3 is 2.33 bits per heavy atom. The molecule has 158 valence electrons. The molecule has 0 aliphatic heterocycles. The minimum absolute atomic E-state index is 0.333. The van der Waals surface area contributed by atoms with Crippen LogP contribution in [-0.4, -0.2) is 33.8 Å². The molecular weight excluding hydrogens is 452 g/mol. The number of halogens is 1. The van der Waals surface area contributed by atoms with Crippen molar-refractivity contribution < 1.29 is 19.1 Å². The molecule has 2 heterocycles. The Bertz CT molecular complexity index is 1050. The number of amides is 2. The molecule has 8 nitrogen and oxygen atoms in total. The van der Waals surface area contributed by atoms with Crippen molar-refractivity contribution >= 4 is 39.6 Å². The predicted octanol–water partition coefficient (Wildman–Crippen LogP) is 5.16. The molecule has 1 aromatic carbocycles. The van der Waals surface area contributed by atoms with Gasteiger partial charge in [0.15, 0.2) is 5.82 Å². The largest absolute Gasteiger partial charge is 0.446 e. The number of hydrazine groups is 1. The van der Waals surface area contributed by atoms with Crippen LogP contribution >= 0.6 is 15.9 Å². The molecule has 0 bridgehead atoms. The fourth-order valence-electron chi connectivity index (χ4n) is 2.77. The van der Waals surface area contributed by atoms with Crippen molar-refractivity contribution in [2.45, 2.75) is 39.9 Å². The molecule has 2 amide bonds. The predicted molar refractivity (Wildman–Crippen MR) is 117 cm³/mol. The number of pyridine rings is 1. The summed E-state index contributed by atoms with van der Waals surface area (Å²) in [4.78, 5) is 30.0. The Labute approximate surface area is 182 Å². The number of imidazole rings is 1. The van der Waals surface area contributed by atoms with Gasteiger partial charge in [0.25, 0.3) is 0 Å². The maximum atomic E-state index is 12.9. The SMILES string of the molecule is CC(C)OC(=O)NN(C(=O)OC(C)C)c1c(-c2ccc(Br)cc2)nc2ccccn12. The number of nitrogens with zero attached hydrogens (tertiary/aromatic N) is 3. The molecule has 0 atom stereocenters. The number of rotatable bonds is 4. The zero-order chi connectivity index (χ0) is 21.8. The molecule has 0 radical (unpaired) electrons. The molecule has 0 aliphatic rings. The van der Waals surface area contributed by atoms with Crippen LogP contribution in [0.3, 0.4) is 0 Å². The third kappa shape index (κ3) is 4.91. The Hall–Kier alpha value is -3.07. The maximum Gasteiger partial charge on any atom is 0.435 e. The summed E-state index contributed by atoms with van der Waals surface area (Å²) in [5.74, 6) is 0.333. The number of fused-ring (bicyclic) bond motifs is 1. The van der Waals surface area contributed by atoms with Crippen molar-refractivity contribution in [1.82, 2.24) is 14.8 Å². The van der Waals surface area contributed by atoms with E-state index in [1.54, 1.807) is 38.3 Å². The molecule has 0 spiro atoms. The van der Waals surface area contributed by atoms with Crippen molar-refractivity contribution in [3.8, 4) is 11.3 Å². The molecule has 0 saturated carbocycles. The van der Waals surface area contributed by atoms with Gasteiger partial charge in [-0.15, -0.1) is 0 Å². The number of ether oxygens (including phenoxy) is 2. The third-order valence-electron chi connectivity index (χ3n) is 3.90. The van der Waals surface area contributed by atoms with E-state index in [1.165, 1.54) is 0 Å². The molecule has 0 fully saturated rings. The average molecular weight is 475 g/mol. The summed E-state index contributed by atoms with van der Waals surface area (Å²) >= 11 is 3.42. The van der Waals surface area contributed by atoms with Crippen LogP contribution < -0.4 is 10.4 Å². The first kappa shape index (κ1) is 21.6. The highest BCUT2D eigenvalue weighted by molar-refractivity contribution is 9.10. The summed E-state index contributed by atoms with van der Waals surface area (Å²) < 4.78 is 13.2. The molecule has 3 aromatic rings. The van der Waals surface area contributed by atoms with E-state index in [0.717, 1.165) is 15.0 Å². The van der Waals surface area contributed by atoms with E-state index in [9.17, 15) is 9.59 Å². The number of carbonyl (C=O) groups excluding carboxylic acids is 2. The van der Waals surface area contributed by atoms with Gasteiger partial charge in [0.1, 0.15) is 11.3 Å². The monoisotopic (exact) mass is 474 g/mol. The van der Waals surface area contributed by atoms with Crippen LogP contribution in [0.4, 0.5) is 15.4 Å². The summed E-state index contributed by atoms with van der Waals surface area (Å²) in [6.45, 7) is 6.90. The van der Waals surface area contributed by atoms with Crippen molar-refractivity contribution in [2.75, 3.05) is 5.01 Å². The summed E-state index contributed by atoms with van der Waals surface area (Å²) in [7, 11) is 0. The third-order valence-corrected chi connectivity index (χ3v) is 4.43. The van der Waals surface area contributed by atoms with Crippen molar-refractivity contribution in [3.63, 3.8) is 0 Å². The number of hydrogen-bond donors (Lipinski definition) is 1. The lowest BCUT2D eigenvalue weighted by molar-refractivity contribution is 0.103. The Kier molecular flexibility index (Phi) is 6.61. The van der Waals surface area contributed by atoms with Gasteiger partial charge in [-0.05, 0) is 52.0 Å². The first-order valence-electron chi connectivity index (χ1n) is 9.47. The molecule has 0 saturated heterocycles.